The SMILES string of the molecule is C/C=C/c1cccc(C)c1.CBr.CC#Cc1cccc(C)c1.CCOC(C)=O.CCOC(C)=O.CCOC(C)=O.Cc1cccc(C)c1.Cc1cccc(C)c1.[2H]C.[2H]C(C)C([2H])c1cccc(C)c1.[2H]C([2H])(C)C([2H])([2H])c1cccc(C)c1.[2H][2H].[2H][2H].[2H][2H].[CH3-].[CH3-].[CH3-].[Pd].[Pd].[Pd]. The second kappa shape index (κ2) is 73.6. The molecule has 0 heterocycles. The van der Waals surface area contributed by atoms with Crippen LogP contribution in [0.3, 0.4) is 0 Å². The predicted molar refractivity (Wildman–Crippen MR) is 366 cm³/mol. The fraction of sp³-hybridized carbons (Fsp3) is 0.370. The number of esters is 3. The molecule has 83 heavy (non-hydrogen) atoms. The van der Waals surface area contributed by atoms with Gasteiger partial charge in [-0.3, -0.25) is 14.4 Å². The van der Waals surface area contributed by atoms with E-state index in [4.69, 9.17) is 18.5 Å². The number of hydrogen-bond acceptors (Lipinski definition) is 6. The van der Waals surface area contributed by atoms with Gasteiger partial charge in [-0.1, -0.05) is 240 Å². The van der Waals surface area contributed by atoms with Gasteiger partial charge in [0, 0.05) is 106 Å². The summed E-state index contributed by atoms with van der Waals surface area (Å²) in [6.07, 6.45) is -0.432. The van der Waals surface area contributed by atoms with E-state index in [0.717, 1.165) is 22.3 Å². The first-order valence-electron chi connectivity index (χ1n) is 32.6. The van der Waals surface area contributed by atoms with Gasteiger partial charge in [-0.15, -0.1) is 5.92 Å². The van der Waals surface area contributed by atoms with E-state index in [1.807, 2.05) is 76.0 Å². The topological polar surface area (TPSA) is 78.9 Å². The molecule has 0 aromatic heterocycles. The summed E-state index contributed by atoms with van der Waals surface area (Å²) in [6, 6.07) is 48.3. The first-order chi connectivity index (χ1) is 42.4. The van der Waals surface area contributed by atoms with Crippen LogP contribution in [-0.4, -0.2) is 43.6 Å². The number of benzene rings is 6. The van der Waals surface area contributed by atoms with E-state index in [0.29, 0.717) is 25.4 Å². The molecule has 6 aromatic carbocycles. The van der Waals surface area contributed by atoms with E-state index in [1.165, 1.54) is 74.0 Å². The van der Waals surface area contributed by atoms with Crippen molar-refractivity contribution in [3.63, 3.8) is 0 Å². The largest absolute Gasteiger partial charge is 0.466 e. The number of ether oxygens (including phenoxy) is 3. The van der Waals surface area contributed by atoms with Gasteiger partial charge in [0.05, 0.1) is 19.8 Å². The molecule has 0 bridgehead atoms. The van der Waals surface area contributed by atoms with Gasteiger partial charge >= 0.3 is 17.9 Å². The summed E-state index contributed by atoms with van der Waals surface area (Å²) >= 11 is 2.94. The second-order valence-electron chi connectivity index (χ2n) is 16.4. The third-order valence-electron chi connectivity index (χ3n) is 8.77. The molecule has 0 fully saturated rings. The predicted octanol–water partition coefficient (Wildman–Crippen LogP) is 21.3. The van der Waals surface area contributed by atoms with Crippen molar-refractivity contribution in [3.8, 4) is 11.8 Å². The van der Waals surface area contributed by atoms with Gasteiger partial charge in [0.15, 0.2) is 0 Å². The molecule has 0 radical (unpaired) electrons. The van der Waals surface area contributed by atoms with Crippen LogP contribution in [0, 0.1) is 89.5 Å². The first kappa shape index (κ1) is 78.5. The molecule has 6 nitrogen and oxygen atoms in total. The average molecular weight is 1500 g/mol. The van der Waals surface area contributed by atoms with Gasteiger partial charge in [0.2, 0.25) is 0 Å². The summed E-state index contributed by atoms with van der Waals surface area (Å²) in [4.78, 5) is 29.5. The fourth-order valence-corrected chi connectivity index (χ4v) is 5.89. The Hall–Kier alpha value is -4.50. The molecule has 0 aliphatic carbocycles. The zero-order valence-corrected chi connectivity index (χ0v) is 60.8. The van der Waals surface area contributed by atoms with Gasteiger partial charge < -0.3 is 36.5 Å². The second-order valence-corrected chi connectivity index (χ2v) is 16.4. The summed E-state index contributed by atoms with van der Waals surface area (Å²) in [5.41, 5.74) is 13.7. The summed E-state index contributed by atoms with van der Waals surface area (Å²) in [5.74, 6) is 7.04. The van der Waals surface area contributed by atoms with Crippen LogP contribution in [0.5, 0.6) is 0 Å². The van der Waals surface area contributed by atoms with Crippen molar-refractivity contribution in [2.45, 2.75) is 158 Å². The summed E-state index contributed by atoms with van der Waals surface area (Å²) < 4.78 is 94.3. The maximum absolute atomic E-state index is 9.82. The molecule has 0 saturated heterocycles. The van der Waals surface area contributed by atoms with Crippen molar-refractivity contribution < 1.29 is 108 Å². The third kappa shape index (κ3) is 75.5. The zero-order chi connectivity index (χ0) is 71.9. The van der Waals surface area contributed by atoms with Crippen LogP contribution in [0.4, 0.5) is 0 Å². The molecule has 0 aliphatic rings. The van der Waals surface area contributed by atoms with Crippen LogP contribution in [0.1, 0.15) is 175 Å². The first-order valence-corrected chi connectivity index (χ1v) is 27.0. The van der Waals surface area contributed by atoms with Crippen molar-refractivity contribution in [2.75, 3.05) is 25.7 Å². The average Bonchev–Trinajstić information content (AvgIpc) is 0.814. The molecule has 10 heteroatoms. The Morgan fingerprint density at radius 2 is 0.819 bits per heavy atom. The van der Waals surface area contributed by atoms with E-state index in [2.05, 4.69) is 181 Å². The van der Waals surface area contributed by atoms with Gasteiger partial charge in [-0.25, -0.2) is 0 Å². The van der Waals surface area contributed by atoms with E-state index >= 15 is 0 Å². The summed E-state index contributed by atoms with van der Waals surface area (Å²) in [7, 11) is 1.25. The number of allylic oxidation sites excluding steroid dienone is 1. The minimum Gasteiger partial charge on any atom is -0.466 e. The van der Waals surface area contributed by atoms with Crippen LogP contribution >= 0.6 is 15.9 Å². The van der Waals surface area contributed by atoms with Gasteiger partial charge in [-0.2, -0.15) is 0 Å². The van der Waals surface area contributed by atoms with Crippen molar-refractivity contribution >= 4 is 39.9 Å². The smallest absolute Gasteiger partial charge is 0.302 e. The number of aryl methyl sites for hydroxylation is 10. The minimum absolute atomic E-state index is 0. The Balaban J connectivity index is -0.0000000648. The molecule has 0 aliphatic heterocycles. The molecular weight excluding hydrogens is 1370 g/mol. The summed E-state index contributed by atoms with van der Waals surface area (Å²) in [6.45, 7) is 34.3. The van der Waals surface area contributed by atoms with E-state index < -0.39 is 19.1 Å². The van der Waals surface area contributed by atoms with Crippen molar-refractivity contribution in [1.82, 2.24) is 0 Å². The summed E-state index contributed by atoms with van der Waals surface area (Å²) in [5, 5.41) is 0. The van der Waals surface area contributed by atoms with Gasteiger partial charge in [0.25, 0.3) is 0 Å². The third-order valence-corrected chi connectivity index (χ3v) is 8.77. The Kier molecular flexibility index (Phi) is 69.6. The monoisotopic (exact) mass is 1500 g/mol. The zero-order valence-electron chi connectivity index (χ0n) is 67.6. The van der Waals surface area contributed by atoms with Crippen LogP contribution in [0.15, 0.2) is 152 Å². The van der Waals surface area contributed by atoms with E-state index in [1.54, 1.807) is 45.9 Å². The molecule has 6 rings (SSSR count). The standard InChI is InChI=1S/2C10H14.C10H12.C10H10.2C8H10.3C4H8O2.CH3Br.CH4.3CH3.3Pd.3H2/c4*1-3-5-10-7-4-6-9(2)8-10;2*1-7-4-3-5-8(2)6-7;3*1-3-6-4(2)5;1-2;;;;;;;;;;/h2*4,6-8H,3,5H2,1-2H3;3-8H,1-2H3;4,6-8H,1-2H3;2*3-6H,1-2H3;3*3H2,1-2H3;1H3;1H4;3*1H3;;;;3*1H/q;;;;;;;;;;;3*-1;;;;;;/b;;5-3+;;;;;;;;;;;;;;;;;/i3D2,5D2;3D,5D;;;;;;;;;1D;;;;;;;3*1+1D. The van der Waals surface area contributed by atoms with Gasteiger partial charge in [-0.05, 0) is 143 Å². The Labute approximate surface area is 580 Å². The fourth-order valence-electron chi connectivity index (χ4n) is 5.89. The molecule has 2 atom stereocenters. The van der Waals surface area contributed by atoms with Crippen LogP contribution in [0.25, 0.3) is 6.08 Å². The molecule has 0 N–H and O–H groups in total. The van der Waals surface area contributed by atoms with Crippen molar-refractivity contribution in [2.24, 2.45) is 0 Å². The van der Waals surface area contributed by atoms with Crippen molar-refractivity contribution in [3.05, 3.63) is 241 Å². The Morgan fingerprint density at radius 1 is 0.518 bits per heavy atom. The van der Waals surface area contributed by atoms with Crippen LogP contribution < -0.4 is 0 Å². The molecule has 0 spiro atoms. The normalized spacial score (nSPS) is 10.7. The molecule has 6 aromatic rings. The number of carbonyl (C=O) groups excluding carboxylic acids is 3. The number of rotatable bonds is 8. The minimum atomic E-state index is -1.95. The van der Waals surface area contributed by atoms with Crippen molar-refractivity contribution in [1.29, 1.82) is 0 Å². The molecular formula is C73H116BrO6Pd3-3. The Bertz CT molecular complexity index is 2670. The molecule has 484 valence electrons. The number of alkyl halides is 1. The quantitative estimate of drug-likeness (QED) is 0.0377. The van der Waals surface area contributed by atoms with Crippen LogP contribution in [0.2, 0.25) is 0 Å². The van der Waals surface area contributed by atoms with E-state index in [9.17, 15) is 14.4 Å². The number of halogens is 1. The molecule has 2 unspecified atom stereocenters. The number of carbonyl (C=O) groups is 3. The maximum atomic E-state index is 9.82. The maximum Gasteiger partial charge on any atom is 0.302 e. The van der Waals surface area contributed by atoms with E-state index in [-0.39, 0.29) is 108 Å². The molecule has 0 amide bonds. The van der Waals surface area contributed by atoms with Gasteiger partial charge in [0.1, 0.15) is 0 Å². The van der Waals surface area contributed by atoms with Crippen LogP contribution in [-0.2, 0) is 103 Å². The number of hydrogen-bond donors (Lipinski definition) is 0. The molecule has 0 saturated carbocycles. The Morgan fingerprint density at radius 3 is 1.07 bits per heavy atom.